The van der Waals surface area contributed by atoms with Crippen molar-refractivity contribution in [3.05, 3.63) is 83.8 Å². The number of rotatable bonds is 8. The average Bonchev–Trinajstić information content (AvgIpc) is 3.30. The number of benzene rings is 2. The van der Waals surface area contributed by atoms with Crippen molar-refractivity contribution >= 4 is 34.8 Å². The summed E-state index contributed by atoms with van der Waals surface area (Å²) >= 11 is 5.24. The van der Waals surface area contributed by atoms with E-state index in [4.69, 9.17) is 21.4 Å². The van der Waals surface area contributed by atoms with Gasteiger partial charge in [0, 0.05) is 16.8 Å². The highest BCUT2D eigenvalue weighted by molar-refractivity contribution is 7.80. The monoisotopic (exact) mass is 451 g/mol. The van der Waals surface area contributed by atoms with Gasteiger partial charge in [-0.3, -0.25) is 14.9 Å². The Morgan fingerprint density at radius 1 is 1.00 bits per heavy atom. The Hall–Kier alpha value is -3.65. The van der Waals surface area contributed by atoms with Gasteiger partial charge >= 0.3 is 0 Å². The largest absolute Gasteiger partial charge is 0.493 e. The van der Waals surface area contributed by atoms with Crippen LogP contribution < -0.4 is 20.7 Å². The van der Waals surface area contributed by atoms with Crippen LogP contribution in [0.25, 0.3) is 0 Å². The van der Waals surface area contributed by atoms with E-state index in [1.165, 1.54) is 0 Å². The van der Waals surface area contributed by atoms with Gasteiger partial charge in [0.05, 0.1) is 19.4 Å². The summed E-state index contributed by atoms with van der Waals surface area (Å²) in [6.07, 6.45) is 1.56. The Bertz CT molecular complexity index is 1060. The summed E-state index contributed by atoms with van der Waals surface area (Å²) in [7, 11) is 0. The molecular weight excluding hydrogens is 426 g/mol. The fourth-order valence-corrected chi connectivity index (χ4v) is 2.93. The maximum atomic E-state index is 12.5. The molecule has 0 saturated carbocycles. The van der Waals surface area contributed by atoms with Gasteiger partial charge in [0.2, 0.25) is 0 Å². The topological polar surface area (TPSA) is 92.6 Å². The van der Waals surface area contributed by atoms with Gasteiger partial charge in [0.15, 0.2) is 5.11 Å². The molecule has 0 bridgehead atoms. The van der Waals surface area contributed by atoms with E-state index in [0.29, 0.717) is 47.4 Å². The van der Waals surface area contributed by atoms with E-state index < -0.39 is 0 Å². The number of carbonyl (C=O) groups excluding carboxylic acids is 2. The molecule has 0 aliphatic rings. The van der Waals surface area contributed by atoms with E-state index in [0.717, 1.165) is 0 Å². The number of hydrogen-bond acceptors (Lipinski definition) is 5. The summed E-state index contributed by atoms with van der Waals surface area (Å²) in [5.74, 6) is 1.13. The van der Waals surface area contributed by atoms with Crippen molar-refractivity contribution in [3.8, 4) is 5.75 Å². The zero-order valence-corrected chi connectivity index (χ0v) is 18.7. The number of anilines is 1. The highest BCUT2D eigenvalue weighted by atomic mass is 32.1. The third-order valence-corrected chi connectivity index (χ3v) is 4.52. The van der Waals surface area contributed by atoms with Gasteiger partial charge in [0.1, 0.15) is 11.5 Å². The predicted octanol–water partition coefficient (Wildman–Crippen LogP) is 4.37. The van der Waals surface area contributed by atoms with Crippen LogP contribution in [-0.4, -0.2) is 23.5 Å². The molecule has 8 heteroatoms. The van der Waals surface area contributed by atoms with E-state index in [-0.39, 0.29) is 16.9 Å². The van der Waals surface area contributed by atoms with Gasteiger partial charge in [-0.05, 0) is 72.7 Å². The highest BCUT2D eigenvalue weighted by Crippen LogP contribution is 2.15. The molecule has 3 aromatic rings. The Labute approximate surface area is 192 Å². The number of amides is 2. The molecule has 3 rings (SSSR count). The molecule has 0 saturated heterocycles. The molecule has 0 spiro atoms. The molecule has 2 amide bonds. The first-order valence-corrected chi connectivity index (χ1v) is 10.6. The van der Waals surface area contributed by atoms with Crippen LogP contribution in [0.4, 0.5) is 5.69 Å². The van der Waals surface area contributed by atoms with Crippen LogP contribution in [0, 0.1) is 5.92 Å². The Balaban J connectivity index is 1.50. The Kier molecular flexibility index (Phi) is 7.99. The third kappa shape index (κ3) is 6.95. The van der Waals surface area contributed by atoms with Crippen molar-refractivity contribution in [2.75, 3.05) is 11.9 Å². The zero-order chi connectivity index (χ0) is 22.9. The standard InChI is InChI=1S/C24H25N3O4S/c1-16(2)15-31-20-6-3-5-18(13-20)23(29)27-24(32)26-19-10-8-17(9-11-19)22(28)25-14-21-7-4-12-30-21/h3-13,16H,14-15H2,1-2H3,(H,25,28)(H2,26,27,29,32). The molecule has 0 unspecified atom stereocenters. The number of nitrogens with one attached hydrogen (secondary N) is 3. The molecule has 1 aromatic heterocycles. The quantitative estimate of drug-likeness (QED) is 0.441. The summed E-state index contributed by atoms with van der Waals surface area (Å²) in [5.41, 5.74) is 1.58. The fraction of sp³-hybridized carbons (Fsp3) is 0.208. The minimum atomic E-state index is -0.341. The predicted molar refractivity (Wildman–Crippen MR) is 127 cm³/mol. The minimum absolute atomic E-state index is 0.151. The van der Waals surface area contributed by atoms with Crippen LogP contribution >= 0.6 is 12.2 Å². The lowest BCUT2D eigenvalue weighted by atomic mass is 10.2. The molecule has 0 fully saturated rings. The van der Waals surface area contributed by atoms with Crippen LogP contribution in [0.15, 0.2) is 71.3 Å². The molecule has 7 nitrogen and oxygen atoms in total. The van der Waals surface area contributed by atoms with Crippen molar-refractivity contribution in [2.24, 2.45) is 5.92 Å². The molecule has 0 atom stereocenters. The number of furan rings is 1. The van der Waals surface area contributed by atoms with E-state index in [1.807, 2.05) is 6.07 Å². The first-order chi connectivity index (χ1) is 15.4. The van der Waals surface area contributed by atoms with Crippen molar-refractivity contribution in [1.29, 1.82) is 0 Å². The number of thiocarbonyl (C=S) groups is 1. The first-order valence-electron chi connectivity index (χ1n) is 10.2. The molecule has 166 valence electrons. The van der Waals surface area contributed by atoms with Crippen LogP contribution in [0.1, 0.15) is 40.3 Å². The lowest BCUT2D eigenvalue weighted by Gasteiger charge is -2.12. The first kappa shape index (κ1) is 23.0. The van der Waals surface area contributed by atoms with Gasteiger partial charge in [-0.2, -0.15) is 0 Å². The molecule has 0 radical (unpaired) electrons. The van der Waals surface area contributed by atoms with Crippen LogP contribution in [0.2, 0.25) is 0 Å². The maximum absolute atomic E-state index is 12.5. The van der Waals surface area contributed by atoms with Crippen molar-refractivity contribution in [2.45, 2.75) is 20.4 Å². The zero-order valence-electron chi connectivity index (χ0n) is 17.9. The van der Waals surface area contributed by atoms with Crippen LogP contribution in [0.5, 0.6) is 5.75 Å². The molecule has 1 heterocycles. The van der Waals surface area contributed by atoms with Gasteiger partial charge < -0.3 is 19.8 Å². The molecule has 32 heavy (non-hydrogen) atoms. The third-order valence-electron chi connectivity index (χ3n) is 4.31. The van der Waals surface area contributed by atoms with Crippen molar-refractivity contribution < 1.29 is 18.7 Å². The van der Waals surface area contributed by atoms with Gasteiger partial charge in [-0.25, -0.2) is 0 Å². The van der Waals surface area contributed by atoms with E-state index in [2.05, 4.69) is 29.8 Å². The second-order valence-corrected chi connectivity index (χ2v) is 7.89. The second kappa shape index (κ2) is 11.1. The molecule has 2 aromatic carbocycles. The van der Waals surface area contributed by atoms with Gasteiger partial charge in [-0.15, -0.1) is 0 Å². The Morgan fingerprint density at radius 2 is 1.78 bits per heavy atom. The Morgan fingerprint density at radius 3 is 2.47 bits per heavy atom. The smallest absolute Gasteiger partial charge is 0.257 e. The molecule has 0 aliphatic heterocycles. The van der Waals surface area contributed by atoms with E-state index >= 15 is 0 Å². The van der Waals surface area contributed by atoms with E-state index in [9.17, 15) is 9.59 Å². The molecular formula is C24H25N3O4S. The second-order valence-electron chi connectivity index (χ2n) is 7.48. The summed E-state index contributed by atoms with van der Waals surface area (Å²) in [6.45, 7) is 4.99. The van der Waals surface area contributed by atoms with Crippen LogP contribution in [-0.2, 0) is 6.54 Å². The minimum Gasteiger partial charge on any atom is -0.493 e. The van der Waals surface area contributed by atoms with Crippen LogP contribution in [0.3, 0.4) is 0 Å². The normalized spacial score (nSPS) is 10.5. The number of hydrogen-bond donors (Lipinski definition) is 3. The number of carbonyl (C=O) groups is 2. The highest BCUT2D eigenvalue weighted by Gasteiger charge is 2.11. The summed E-state index contributed by atoms with van der Waals surface area (Å²) < 4.78 is 10.9. The summed E-state index contributed by atoms with van der Waals surface area (Å²) in [5, 5.41) is 8.52. The molecule has 0 aliphatic carbocycles. The fourth-order valence-electron chi connectivity index (χ4n) is 2.72. The number of ether oxygens (including phenoxy) is 1. The van der Waals surface area contributed by atoms with Gasteiger partial charge in [-0.1, -0.05) is 19.9 Å². The van der Waals surface area contributed by atoms with Gasteiger partial charge in [0.25, 0.3) is 11.8 Å². The summed E-state index contributed by atoms with van der Waals surface area (Å²) in [6, 6.07) is 17.2. The molecule has 3 N–H and O–H groups in total. The average molecular weight is 452 g/mol. The lowest BCUT2D eigenvalue weighted by Crippen LogP contribution is -2.34. The van der Waals surface area contributed by atoms with Crippen molar-refractivity contribution in [3.63, 3.8) is 0 Å². The SMILES string of the molecule is CC(C)COc1cccc(C(=O)NC(=S)Nc2ccc(C(=O)NCc3ccco3)cc2)c1. The maximum Gasteiger partial charge on any atom is 0.257 e. The lowest BCUT2D eigenvalue weighted by molar-refractivity contribution is 0.0946. The van der Waals surface area contributed by atoms with Crippen molar-refractivity contribution in [1.82, 2.24) is 10.6 Å². The van der Waals surface area contributed by atoms with E-state index in [1.54, 1.807) is 60.9 Å². The summed E-state index contributed by atoms with van der Waals surface area (Å²) in [4.78, 5) is 24.7.